The number of hydrogen-bond acceptors (Lipinski definition) is 4. The number of nitrogens with zero attached hydrogens (tertiary/aromatic N) is 2. The van der Waals surface area contributed by atoms with Crippen LogP contribution in [0.3, 0.4) is 0 Å². The maximum Gasteiger partial charge on any atom is 0.152 e. The molecule has 3 nitrogen and oxygen atoms in total. The molecule has 0 aromatic carbocycles. The number of aromatic nitrogens is 1. The van der Waals surface area contributed by atoms with Crippen molar-refractivity contribution < 1.29 is 4.84 Å². The van der Waals surface area contributed by atoms with Crippen LogP contribution >= 0.6 is 11.3 Å². The molecule has 0 saturated heterocycles. The Morgan fingerprint density at radius 3 is 3.18 bits per heavy atom. The largest absolute Gasteiger partial charge is 0.399 e. The van der Waals surface area contributed by atoms with E-state index in [1.165, 1.54) is 18.4 Å². The van der Waals surface area contributed by atoms with E-state index in [-0.39, 0.29) is 0 Å². The van der Waals surface area contributed by atoms with Crippen molar-refractivity contribution in [2.75, 3.05) is 7.11 Å². The third-order valence-corrected chi connectivity index (χ3v) is 1.76. The van der Waals surface area contributed by atoms with Crippen molar-refractivity contribution in [2.24, 2.45) is 5.16 Å². The lowest BCUT2D eigenvalue weighted by molar-refractivity contribution is 0.213. The van der Waals surface area contributed by atoms with Crippen LogP contribution in [0.15, 0.2) is 10.5 Å². The molecule has 1 aromatic heterocycles. The zero-order valence-electron chi connectivity index (χ0n) is 6.50. The van der Waals surface area contributed by atoms with Gasteiger partial charge in [-0.2, -0.15) is 0 Å². The van der Waals surface area contributed by atoms with Gasteiger partial charge in [0, 0.05) is 5.38 Å². The first-order valence-electron chi connectivity index (χ1n) is 3.30. The lowest BCUT2D eigenvalue weighted by Crippen LogP contribution is -1.99. The van der Waals surface area contributed by atoms with E-state index in [0.717, 1.165) is 17.8 Å². The molecule has 0 N–H and O–H groups in total. The highest BCUT2D eigenvalue weighted by Gasteiger charge is 2.02. The zero-order chi connectivity index (χ0) is 8.10. The molecule has 0 aliphatic rings. The molecule has 0 aliphatic heterocycles. The Morgan fingerprint density at radius 2 is 2.73 bits per heavy atom. The molecule has 0 fully saturated rings. The summed E-state index contributed by atoms with van der Waals surface area (Å²) in [5.74, 6) is 0. The minimum atomic E-state index is 0.825. The lowest BCUT2D eigenvalue weighted by atomic mass is 10.2. The topological polar surface area (TPSA) is 34.5 Å². The van der Waals surface area contributed by atoms with Crippen molar-refractivity contribution in [3.05, 3.63) is 16.6 Å². The summed E-state index contributed by atoms with van der Waals surface area (Å²) in [5, 5.41) is 5.73. The fourth-order valence-electron chi connectivity index (χ4n) is 0.719. The standard InChI is InChI=1S/C7H9N2OS/c1-3-6(9-10-2)7-4-11-5-8-7/h4H,3H2,1-2H3/b9-6+. The van der Waals surface area contributed by atoms with Gasteiger partial charge in [-0.05, 0) is 6.42 Å². The number of rotatable bonds is 3. The Hall–Kier alpha value is -0.900. The van der Waals surface area contributed by atoms with Gasteiger partial charge in [-0.1, -0.05) is 12.1 Å². The fourth-order valence-corrected chi connectivity index (χ4v) is 1.22. The Kier molecular flexibility index (Phi) is 3.04. The summed E-state index contributed by atoms with van der Waals surface area (Å²) in [6.07, 6.45) is 0.825. The van der Waals surface area contributed by atoms with Gasteiger partial charge in [-0.25, -0.2) is 4.98 Å². The highest BCUT2D eigenvalue weighted by molar-refractivity contribution is 7.07. The smallest absolute Gasteiger partial charge is 0.152 e. The molecule has 0 bridgehead atoms. The Balaban J connectivity index is 2.79. The van der Waals surface area contributed by atoms with E-state index in [9.17, 15) is 0 Å². The summed E-state index contributed by atoms with van der Waals surface area (Å²) in [7, 11) is 1.53. The van der Waals surface area contributed by atoms with Crippen molar-refractivity contribution in [1.82, 2.24) is 4.98 Å². The minimum absolute atomic E-state index is 0.825. The quantitative estimate of drug-likeness (QED) is 0.510. The fraction of sp³-hybridized carbons (Fsp3) is 0.429. The molecule has 1 rings (SSSR count). The van der Waals surface area contributed by atoms with Gasteiger partial charge >= 0.3 is 0 Å². The first-order chi connectivity index (χ1) is 5.38. The van der Waals surface area contributed by atoms with Gasteiger partial charge in [0.2, 0.25) is 0 Å². The third-order valence-electron chi connectivity index (χ3n) is 1.22. The molecule has 0 aliphatic carbocycles. The van der Waals surface area contributed by atoms with Crippen LogP contribution in [-0.2, 0) is 4.84 Å². The monoisotopic (exact) mass is 169 g/mol. The molecule has 0 spiro atoms. The van der Waals surface area contributed by atoms with Gasteiger partial charge in [-0.3, -0.25) is 0 Å². The lowest BCUT2D eigenvalue weighted by Gasteiger charge is -1.95. The van der Waals surface area contributed by atoms with E-state index in [0.29, 0.717) is 0 Å². The van der Waals surface area contributed by atoms with Crippen LogP contribution in [0.2, 0.25) is 0 Å². The van der Waals surface area contributed by atoms with Crippen LogP contribution in [0.5, 0.6) is 0 Å². The highest BCUT2D eigenvalue weighted by atomic mass is 32.1. The third kappa shape index (κ3) is 2.01. The van der Waals surface area contributed by atoms with E-state index in [4.69, 9.17) is 0 Å². The van der Waals surface area contributed by atoms with E-state index in [1.54, 1.807) is 0 Å². The number of oxime groups is 1. The van der Waals surface area contributed by atoms with E-state index < -0.39 is 0 Å². The van der Waals surface area contributed by atoms with Gasteiger partial charge in [0.25, 0.3) is 0 Å². The van der Waals surface area contributed by atoms with Crippen LogP contribution in [0, 0.1) is 5.51 Å². The average molecular weight is 169 g/mol. The summed E-state index contributed by atoms with van der Waals surface area (Å²) >= 11 is 1.44. The maximum atomic E-state index is 4.66. The van der Waals surface area contributed by atoms with Crippen LogP contribution in [0.25, 0.3) is 0 Å². The molecule has 1 radical (unpaired) electrons. The zero-order valence-corrected chi connectivity index (χ0v) is 7.31. The van der Waals surface area contributed by atoms with Gasteiger partial charge in [-0.15, -0.1) is 11.3 Å². The number of hydrogen-bond donors (Lipinski definition) is 0. The second-order valence-electron chi connectivity index (χ2n) is 1.90. The van der Waals surface area contributed by atoms with E-state index in [2.05, 4.69) is 20.5 Å². The number of thiazole rings is 1. The predicted molar refractivity (Wildman–Crippen MR) is 44.8 cm³/mol. The van der Waals surface area contributed by atoms with Crippen molar-refractivity contribution in [3.8, 4) is 0 Å². The van der Waals surface area contributed by atoms with Gasteiger partial charge in [0.15, 0.2) is 5.51 Å². The Labute approximate surface area is 69.7 Å². The van der Waals surface area contributed by atoms with Crippen LogP contribution < -0.4 is 0 Å². The van der Waals surface area contributed by atoms with Crippen molar-refractivity contribution >= 4 is 17.0 Å². The van der Waals surface area contributed by atoms with Gasteiger partial charge in [0.1, 0.15) is 12.8 Å². The molecule has 4 heteroatoms. The van der Waals surface area contributed by atoms with Crippen LogP contribution in [0.4, 0.5) is 0 Å². The molecule has 0 saturated carbocycles. The summed E-state index contributed by atoms with van der Waals surface area (Å²) in [6.45, 7) is 2.01. The summed E-state index contributed by atoms with van der Waals surface area (Å²) in [6, 6.07) is 0. The molecule has 1 aromatic rings. The molecular weight excluding hydrogens is 160 g/mol. The molecule has 11 heavy (non-hydrogen) atoms. The molecule has 59 valence electrons. The molecule has 0 amide bonds. The van der Waals surface area contributed by atoms with Crippen molar-refractivity contribution in [3.63, 3.8) is 0 Å². The summed E-state index contributed by atoms with van der Waals surface area (Å²) in [4.78, 5) is 8.65. The average Bonchev–Trinajstić information content (AvgIpc) is 2.52. The maximum absolute atomic E-state index is 4.66. The van der Waals surface area contributed by atoms with E-state index in [1.807, 2.05) is 12.3 Å². The molecule has 0 atom stereocenters. The van der Waals surface area contributed by atoms with Crippen molar-refractivity contribution in [2.45, 2.75) is 13.3 Å². The Morgan fingerprint density at radius 1 is 1.91 bits per heavy atom. The van der Waals surface area contributed by atoms with Gasteiger partial charge in [0.05, 0.1) is 5.69 Å². The second-order valence-corrected chi connectivity index (χ2v) is 2.55. The second kappa shape index (κ2) is 4.08. The van der Waals surface area contributed by atoms with Gasteiger partial charge < -0.3 is 4.84 Å². The summed E-state index contributed by atoms with van der Waals surface area (Å²) < 4.78 is 0. The van der Waals surface area contributed by atoms with Crippen molar-refractivity contribution in [1.29, 1.82) is 0 Å². The van der Waals surface area contributed by atoms with Crippen LogP contribution in [0.1, 0.15) is 19.0 Å². The molecular formula is C7H9N2OS. The SMILES string of the molecule is CC/C(=N\OC)c1cs[c]n1. The summed E-state index contributed by atoms with van der Waals surface area (Å²) in [5.41, 5.74) is 4.48. The molecule has 1 heterocycles. The predicted octanol–water partition coefficient (Wildman–Crippen LogP) is 1.70. The molecule has 0 unspecified atom stereocenters. The first-order valence-corrected chi connectivity index (χ1v) is 4.18. The first kappa shape index (κ1) is 8.20. The normalized spacial score (nSPS) is 11.6. The van der Waals surface area contributed by atoms with Crippen LogP contribution in [-0.4, -0.2) is 17.8 Å². The highest BCUT2D eigenvalue weighted by Crippen LogP contribution is 2.04. The minimum Gasteiger partial charge on any atom is -0.399 e. The van der Waals surface area contributed by atoms with E-state index >= 15 is 0 Å². The Bertz CT molecular complexity index is 231.